The highest BCUT2D eigenvalue weighted by atomic mass is 31.2. The number of nitrogens with zero attached hydrogens (tertiary/aromatic N) is 7. The van der Waals surface area contributed by atoms with E-state index in [1.54, 1.807) is 0 Å². The highest BCUT2D eigenvalue weighted by molar-refractivity contribution is 7.80. The van der Waals surface area contributed by atoms with E-state index in [1.807, 2.05) is 273 Å². The molecular weight excluding hydrogens is 1430 g/mol. The average molecular weight is 1510 g/mol. The Morgan fingerprint density at radius 3 is 1.27 bits per heavy atom. The SMILES string of the molecule is C#CC(=CC=C(C)C)N1c2ccccc2N(c2ccc(C)cc2)P1(=O)c1ccc(P2(=O)N(c3ccc(C)cc3)c3ccccc3N2c2ccc(Cc3cccc(C4C[P+](O)(c5ccc(P6(=O)N(c7ccccc7)c7cc(C)c(C)cc7N6c6ccccc6)cc5)N(c5ccccc5)c5cc(C)c(C)cc54)c3)cc2)cc1. The third kappa shape index (κ3) is 11.9. The molecular formula is C95H84N7O4P4+. The van der Waals surface area contributed by atoms with E-state index in [0.29, 0.717) is 39.9 Å². The third-order valence-corrected chi connectivity index (χ3v) is 33.9. The van der Waals surface area contributed by atoms with Gasteiger partial charge in [0.05, 0.1) is 67.1 Å². The van der Waals surface area contributed by atoms with E-state index in [9.17, 15) is 4.89 Å². The molecule has 542 valence electrons. The summed E-state index contributed by atoms with van der Waals surface area (Å²) in [6, 6.07) is 104. The molecule has 0 saturated carbocycles. The predicted molar refractivity (Wildman–Crippen MR) is 464 cm³/mol. The van der Waals surface area contributed by atoms with Crippen molar-refractivity contribution in [3.63, 3.8) is 0 Å². The summed E-state index contributed by atoms with van der Waals surface area (Å²) in [5, 5.41) is 2.48. The van der Waals surface area contributed by atoms with Crippen molar-refractivity contribution in [2.24, 2.45) is 0 Å². The third-order valence-electron chi connectivity index (χ3n) is 21.9. The number of benzene rings is 13. The summed E-state index contributed by atoms with van der Waals surface area (Å²) in [4.78, 5) is 14.4. The summed E-state index contributed by atoms with van der Waals surface area (Å²) in [6.07, 6.45) is 11.2. The Morgan fingerprint density at radius 2 is 0.791 bits per heavy atom. The first-order valence-corrected chi connectivity index (χ1v) is 44.0. The molecule has 4 aliphatic rings. The Kier molecular flexibility index (Phi) is 18.3. The lowest BCUT2D eigenvalue weighted by atomic mass is 9.87. The zero-order valence-corrected chi connectivity index (χ0v) is 66.3. The highest BCUT2D eigenvalue weighted by Gasteiger charge is 2.57. The van der Waals surface area contributed by atoms with Gasteiger partial charge < -0.3 is 0 Å². The summed E-state index contributed by atoms with van der Waals surface area (Å²) < 4.78 is 65.6. The minimum Gasteiger partial charge on any atom is -0.270 e. The van der Waals surface area contributed by atoms with E-state index >= 15 is 13.7 Å². The van der Waals surface area contributed by atoms with E-state index in [2.05, 4.69) is 142 Å². The number of fused-ring (bicyclic) bond motifs is 4. The number of terminal acetylenes is 1. The molecule has 4 heterocycles. The van der Waals surface area contributed by atoms with Crippen LogP contribution in [0.15, 0.2) is 333 Å². The molecule has 13 aromatic rings. The molecule has 0 bridgehead atoms. The van der Waals surface area contributed by atoms with Crippen LogP contribution in [0.4, 0.5) is 73.9 Å². The molecule has 13 aromatic carbocycles. The minimum atomic E-state index is -3.94. The monoisotopic (exact) mass is 1510 g/mol. The molecule has 0 radical (unpaired) electrons. The molecule has 0 fully saturated rings. The number of anilines is 13. The molecule has 0 aliphatic carbocycles. The number of rotatable bonds is 15. The largest absolute Gasteiger partial charge is 0.302 e. The first-order chi connectivity index (χ1) is 53.3. The van der Waals surface area contributed by atoms with Crippen LogP contribution in [-0.4, -0.2) is 11.1 Å². The van der Waals surface area contributed by atoms with E-state index < -0.39 is 30.0 Å². The van der Waals surface area contributed by atoms with Gasteiger partial charge in [0, 0.05) is 34.4 Å². The van der Waals surface area contributed by atoms with E-state index in [-0.39, 0.29) is 5.92 Å². The van der Waals surface area contributed by atoms with Crippen molar-refractivity contribution in [2.45, 2.75) is 67.7 Å². The fraction of sp³-hybridized carbons (Fsp3) is 0.116. The van der Waals surface area contributed by atoms with Crippen molar-refractivity contribution < 1.29 is 18.6 Å². The Balaban J connectivity index is 0.731. The molecule has 0 amide bonds. The topological polar surface area (TPSA) is 94.1 Å². The second kappa shape index (κ2) is 28.2. The van der Waals surface area contributed by atoms with Crippen LogP contribution in [0.5, 0.6) is 0 Å². The van der Waals surface area contributed by atoms with Crippen LogP contribution in [-0.2, 0) is 20.1 Å². The van der Waals surface area contributed by atoms with E-state index in [0.717, 1.165) is 129 Å². The van der Waals surface area contributed by atoms with Crippen molar-refractivity contribution in [1.29, 1.82) is 0 Å². The molecule has 17 rings (SSSR count). The molecule has 110 heavy (non-hydrogen) atoms. The number of hydrogen-bond acceptors (Lipinski definition) is 5. The van der Waals surface area contributed by atoms with Crippen LogP contribution in [0.25, 0.3) is 0 Å². The molecule has 4 unspecified atom stereocenters. The van der Waals surface area contributed by atoms with Crippen molar-refractivity contribution in [3.05, 3.63) is 388 Å². The van der Waals surface area contributed by atoms with Gasteiger partial charge in [-0.25, -0.2) is 4.89 Å². The second-order valence-corrected chi connectivity index (χ2v) is 39.4. The number of aryl methyl sites for hydroxylation is 6. The molecule has 0 aromatic heterocycles. The second-order valence-electron chi connectivity index (χ2n) is 29.4. The predicted octanol–water partition coefficient (Wildman–Crippen LogP) is 24.2. The molecule has 11 nitrogen and oxygen atoms in total. The average Bonchev–Trinajstić information content (AvgIpc) is 1.42. The number of allylic oxidation sites excluding steroid dienone is 4. The maximum Gasteiger partial charge on any atom is 0.302 e. The van der Waals surface area contributed by atoms with Gasteiger partial charge >= 0.3 is 22.3 Å². The lowest BCUT2D eigenvalue weighted by Crippen LogP contribution is -2.36. The first kappa shape index (κ1) is 71.5. The maximum atomic E-state index is 17.5. The summed E-state index contributed by atoms with van der Waals surface area (Å²) in [6.45, 7) is 16.6. The molecule has 15 heteroatoms. The Labute approximate surface area is 646 Å². The van der Waals surface area contributed by atoms with Crippen LogP contribution in [0.3, 0.4) is 0 Å². The highest BCUT2D eigenvalue weighted by Crippen LogP contribution is 2.74. The Morgan fingerprint density at radius 1 is 0.400 bits per heavy atom. The van der Waals surface area contributed by atoms with Crippen molar-refractivity contribution in [1.82, 2.24) is 0 Å². The zero-order chi connectivity index (χ0) is 76.0. The lowest BCUT2D eigenvalue weighted by molar-refractivity contribution is 0.581. The van der Waals surface area contributed by atoms with Crippen molar-refractivity contribution in [2.75, 3.05) is 38.9 Å². The fourth-order valence-electron chi connectivity index (χ4n) is 16.2. The van der Waals surface area contributed by atoms with E-state index in [1.165, 1.54) is 5.56 Å². The van der Waals surface area contributed by atoms with Gasteiger partial charge in [-0.1, -0.05) is 174 Å². The van der Waals surface area contributed by atoms with Gasteiger partial charge in [-0.2, -0.15) is 4.67 Å². The summed E-state index contributed by atoms with van der Waals surface area (Å²) in [5.41, 5.74) is 23.1. The molecule has 4 atom stereocenters. The molecule has 1 N–H and O–H groups in total. The lowest BCUT2D eigenvalue weighted by Gasteiger charge is -2.41. The van der Waals surface area contributed by atoms with Crippen LogP contribution in [0.2, 0.25) is 0 Å². The summed E-state index contributed by atoms with van der Waals surface area (Å²) in [7, 11) is -15.0. The van der Waals surface area contributed by atoms with Gasteiger partial charge in [-0.3, -0.25) is 41.7 Å². The van der Waals surface area contributed by atoms with Crippen LogP contribution in [0, 0.1) is 53.9 Å². The molecule has 0 saturated heterocycles. The number of hydrogen-bond donors (Lipinski definition) is 1. The van der Waals surface area contributed by atoms with Crippen molar-refractivity contribution in [3.8, 4) is 12.3 Å². The van der Waals surface area contributed by atoms with Crippen molar-refractivity contribution >= 4 is 125 Å². The fourth-order valence-corrected chi connectivity index (χ4v) is 28.4. The van der Waals surface area contributed by atoms with Gasteiger partial charge in [0.15, 0.2) is 0 Å². The molecule has 0 spiro atoms. The normalized spacial score (nSPS) is 18.9. The van der Waals surface area contributed by atoms with Gasteiger partial charge in [-0.15, -0.1) is 6.42 Å². The summed E-state index contributed by atoms with van der Waals surface area (Å²) >= 11 is 0. The van der Waals surface area contributed by atoms with Crippen LogP contribution < -0.4 is 53.9 Å². The molecule has 4 aliphatic heterocycles. The zero-order valence-electron chi connectivity index (χ0n) is 62.8. The van der Waals surface area contributed by atoms with E-state index in [4.69, 9.17) is 6.42 Å². The quantitative estimate of drug-likeness (QED) is 0.0604. The van der Waals surface area contributed by atoms with Gasteiger partial charge in [0.1, 0.15) is 11.5 Å². The minimum absolute atomic E-state index is 0.220. The Bertz CT molecular complexity index is 5930. The first-order valence-electron chi connectivity index (χ1n) is 37.3. The van der Waals surface area contributed by atoms with Crippen LogP contribution in [0.1, 0.15) is 75.4 Å². The van der Waals surface area contributed by atoms with Gasteiger partial charge in [0.25, 0.3) is 7.64 Å². The van der Waals surface area contributed by atoms with Gasteiger partial charge in [-0.05, 0) is 276 Å². The van der Waals surface area contributed by atoms with Gasteiger partial charge in [0.2, 0.25) is 0 Å². The van der Waals surface area contributed by atoms with Crippen LogP contribution >= 0.6 is 30.0 Å². The number of para-hydroxylation sites is 7. The standard InChI is InChI=1S/C95H84N7O4P4/c1-10-76(44-37-66(2)3)97-89-33-20-21-34-90(89)98(80-45-38-67(4)39-46-80)108(97,104)85-55-57-86(58-56-85)109(105)99(81-47-40-68(5)41-48-81)91-35-22-23-36-92(91)100(109)82-49-42-73(43-50-82)63-74-25-24-26-75(64-74)88-65-107(103,96(77-27-14-11-15-28-77)93-60-70(7)69(6)59-87(88)93)83-51-53-84(54-52-83)110(106)101(78-29-16-12-17-30-78)94-61-71(8)72(9)62-95(94)102(110)79-31-18-13-19-32-79/h1,11-62,64,88,103H,63,65H2,2-9H3/q+1. The Hall–Kier alpha value is -11.4. The summed E-state index contributed by atoms with van der Waals surface area (Å²) in [5.74, 6) is 2.69. The smallest absolute Gasteiger partial charge is 0.270 e. The maximum absolute atomic E-state index is 17.5.